The van der Waals surface area contributed by atoms with Gasteiger partial charge in [0.2, 0.25) is 0 Å². The van der Waals surface area contributed by atoms with Crippen molar-refractivity contribution >= 4 is 29.5 Å². The van der Waals surface area contributed by atoms with Crippen molar-refractivity contribution in [2.45, 2.75) is 91.0 Å². The maximum absolute atomic E-state index is 15.7. The summed E-state index contributed by atoms with van der Waals surface area (Å²) in [5.74, 6) is 4.32. The molecule has 1 aromatic rings. The number of alkyl carbamates (subject to hydrolysis) is 1. The Morgan fingerprint density at radius 2 is 1.71 bits per heavy atom. The molecule has 1 atom stereocenters. The Morgan fingerprint density at radius 3 is 2.26 bits per heavy atom. The molecule has 1 aliphatic heterocycles. The van der Waals surface area contributed by atoms with Crippen LogP contribution in [0.2, 0.25) is 0 Å². The van der Waals surface area contributed by atoms with E-state index in [1.807, 2.05) is 0 Å². The van der Waals surface area contributed by atoms with Gasteiger partial charge in [0.25, 0.3) is 5.91 Å². The maximum Gasteiger partial charge on any atom is 0.432 e. The standard InChI is InChI=1S/C26H40FN5O6/c1-8-36-21-19(29-15-9-10-15)17(22(33)32(28)24(35)38-26(5,6)7)13-18(27)20(21)31-12-11-16(14-31)30-23(34)37-25(2,3)4/h13,15-16,29H,8-12,14,28H2,1-7H3,(H,30,34). The summed E-state index contributed by atoms with van der Waals surface area (Å²) in [7, 11) is 0. The van der Waals surface area contributed by atoms with Crippen molar-refractivity contribution in [3.63, 3.8) is 0 Å². The van der Waals surface area contributed by atoms with Crippen LogP contribution < -0.4 is 26.1 Å². The minimum absolute atomic E-state index is 0.0759. The van der Waals surface area contributed by atoms with E-state index in [-0.39, 0.29) is 41.4 Å². The molecule has 212 valence electrons. The summed E-state index contributed by atoms with van der Waals surface area (Å²) in [5.41, 5.74) is -1.23. The number of anilines is 2. The third kappa shape index (κ3) is 7.62. The highest BCUT2D eigenvalue weighted by Gasteiger charge is 2.36. The van der Waals surface area contributed by atoms with Crippen LogP contribution in [0.1, 0.15) is 78.1 Å². The summed E-state index contributed by atoms with van der Waals surface area (Å²) in [6, 6.07) is 0.863. The van der Waals surface area contributed by atoms with Crippen molar-refractivity contribution in [3.05, 3.63) is 17.4 Å². The number of amides is 3. The van der Waals surface area contributed by atoms with Gasteiger partial charge in [-0.15, -0.1) is 0 Å². The van der Waals surface area contributed by atoms with Crippen LogP contribution in [-0.2, 0) is 9.47 Å². The zero-order valence-corrected chi connectivity index (χ0v) is 23.3. The van der Waals surface area contributed by atoms with E-state index in [2.05, 4.69) is 10.6 Å². The molecule has 0 spiro atoms. The molecule has 4 N–H and O–H groups in total. The molecule has 1 saturated carbocycles. The number of hydrogen-bond acceptors (Lipinski definition) is 9. The highest BCUT2D eigenvalue weighted by Crippen LogP contribution is 2.44. The van der Waals surface area contributed by atoms with Gasteiger partial charge in [0.1, 0.15) is 16.9 Å². The van der Waals surface area contributed by atoms with Gasteiger partial charge >= 0.3 is 12.2 Å². The van der Waals surface area contributed by atoms with Gasteiger partial charge in [-0.2, -0.15) is 5.01 Å². The summed E-state index contributed by atoms with van der Waals surface area (Å²) >= 11 is 0. The van der Waals surface area contributed by atoms with Crippen molar-refractivity contribution < 1.29 is 33.0 Å². The Bertz CT molecular complexity index is 1060. The molecule has 12 heteroatoms. The SMILES string of the molecule is CCOc1c(NC2CC2)c(C(=O)N(N)C(=O)OC(C)(C)C)cc(F)c1N1CCC(NC(=O)OC(C)(C)C)C1. The topological polar surface area (TPSA) is 135 Å². The number of carbonyl (C=O) groups excluding carboxylic acids is 3. The number of benzene rings is 1. The lowest BCUT2D eigenvalue weighted by Gasteiger charge is -2.28. The van der Waals surface area contributed by atoms with E-state index in [4.69, 9.17) is 20.1 Å². The van der Waals surface area contributed by atoms with Crippen molar-refractivity contribution in [3.8, 4) is 5.75 Å². The average molecular weight is 538 g/mol. The fourth-order valence-electron chi connectivity index (χ4n) is 4.02. The zero-order valence-electron chi connectivity index (χ0n) is 23.3. The molecule has 1 aromatic carbocycles. The number of imide groups is 1. The maximum atomic E-state index is 15.7. The van der Waals surface area contributed by atoms with Gasteiger partial charge in [-0.25, -0.2) is 19.8 Å². The van der Waals surface area contributed by atoms with Crippen molar-refractivity contribution in [2.24, 2.45) is 5.84 Å². The van der Waals surface area contributed by atoms with Gasteiger partial charge in [-0.3, -0.25) is 4.79 Å². The summed E-state index contributed by atoms with van der Waals surface area (Å²) < 4.78 is 32.2. The van der Waals surface area contributed by atoms with Crippen molar-refractivity contribution in [1.82, 2.24) is 10.3 Å². The highest BCUT2D eigenvalue weighted by molar-refractivity contribution is 6.08. The van der Waals surface area contributed by atoms with E-state index >= 15 is 4.39 Å². The monoisotopic (exact) mass is 537 g/mol. The molecule has 11 nitrogen and oxygen atoms in total. The number of nitrogens with two attached hydrogens (primary N) is 1. The van der Waals surface area contributed by atoms with E-state index in [1.165, 1.54) is 0 Å². The van der Waals surface area contributed by atoms with Gasteiger partial charge in [0.05, 0.1) is 23.9 Å². The van der Waals surface area contributed by atoms with Gasteiger partial charge in [-0.05, 0) is 73.8 Å². The molecule has 2 aliphatic rings. The van der Waals surface area contributed by atoms with Gasteiger partial charge in [0, 0.05) is 19.1 Å². The fraction of sp³-hybridized carbons (Fsp3) is 0.654. The van der Waals surface area contributed by atoms with E-state index in [9.17, 15) is 14.4 Å². The largest absolute Gasteiger partial charge is 0.489 e. The lowest BCUT2D eigenvalue weighted by atomic mass is 10.1. The van der Waals surface area contributed by atoms with Crippen LogP contribution in [0.4, 0.5) is 25.4 Å². The van der Waals surface area contributed by atoms with E-state index in [0.29, 0.717) is 24.5 Å². The predicted octanol–water partition coefficient (Wildman–Crippen LogP) is 4.15. The summed E-state index contributed by atoms with van der Waals surface area (Å²) in [6.45, 7) is 13.0. The Hall–Kier alpha value is -3.28. The van der Waals surface area contributed by atoms with E-state index in [0.717, 1.165) is 18.9 Å². The molecule has 0 bridgehead atoms. The number of hydrazine groups is 1. The first-order chi connectivity index (χ1) is 17.6. The van der Waals surface area contributed by atoms with Gasteiger partial charge < -0.3 is 29.7 Å². The molecule has 1 aliphatic carbocycles. The summed E-state index contributed by atoms with van der Waals surface area (Å²) in [4.78, 5) is 39.8. The zero-order chi connectivity index (χ0) is 28.4. The number of carbonyl (C=O) groups is 3. The van der Waals surface area contributed by atoms with Crippen molar-refractivity contribution in [2.75, 3.05) is 29.9 Å². The molecule has 0 aromatic heterocycles. The molecule has 1 saturated heterocycles. The molecule has 38 heavy (non-hydrogen) atoms. The van der Waals surface area contributed by atoms with Crippen molar-refractivity contribution in [1.29, 1.82) is 0 Å². The Morgan fingerprint density at radius 1 is 1.08 bits per heavy atom. The number of ether oxygens (including phenoxy) is 3. The second-order valence-electron chi connectivity index (χ2n) is 11.5. The molecule has 2 fully saturated rings. The molecular formula is C26H40FN5O6. The van der Waals surface area contributed by atoms with Crippen LogP contribution in [-0.4, -0.2) is 66.1 Å². The Labute approximate surface area is 223 Å². The first-order valence-electron chi connectivity index (χ1n) is 12.9. The van der Waals surface area contributed by atoms with E-state index < -0.39 is 35.1 Å². The molecule has 3 rings (SSSR count). The van der Waals surface area contributed by atoms with Crippen LogP contribution in [0, 0.1) is 5.82 Å². The molecular weight excluding hydrogens is 497 g/mol. The lowest BCUT2D eigenvalue weighted by molar-refractivity contribution is 0.0238. The molecule has 1 unspecified atom stereocenters. The van der Waals surface area contributed by atoms with Crippen LogP contribution in [0.25, 0.3) is 0 Å². The Kier molecular flexibility index (Phi) is 8.65. The highest BCUT2D eigenvalue weighted by atomic mass is 19.1. The number of nitrogens with zero attached hydrogens (tertiary/aromatic N) is 2. The van der Waals surface area contributed by atoms with Gasteiger partial charge in [0.15, 0.2) is 11.6 Å². The third-order valence-corrected chi connectivity index (χ3v) is 5.69. The second kappa shape index (κ2) is 11.2. The van der Waals surface area contributed by atoms with Crippen LogP contribution in [0.15, 0.2) is 6.07 Å². The van der Waals surface area contributed by atoms with Crippen LogP contribution in [0.5, 0.6) is 5.75 Å². The molecule has 1 heterocycles. The first kappa shape index (κ1) is 29.3. The van der Waals surface area contributed by atoms with Crippen LogP contribution >= 0.6 is 0 Å². The quantitative estimate of drug-likeness (QED) is 0.266. The minimum Gasteiger partial charge on any atom is -0.489 e. The number of nitrogens with one attached hydrogen (secondary N) is 2. The smallest absolute Gasteiger partial charge is 0.432 e. The first-order valence-corrected chi connectivity index (χ1v) is 12.9. The number of hydrogen-bond donors (Lipinski definition) is 3. The molecule has 3 amide bonds. The third-order valence-electron chi connectivity index (χ3n) is 5.69. The second-order valence-corrected chi connectivity index (χ2v) is 11.5. The normalized spacial score (nSPS) is 17.6. The van der Waals surface area contributed by atoms with E-state index in [1.54, 1.807) is 53.4 Å². The Balaban J connectivity index is 1.93. The summed E-state index contributed by atoms with van der Waals surface area (Å²) in [5, 5.41) is 6.42. The number of rotatable bonds is 7. The summed E-state index contributed by atoms with van der Waals surface area (Å²) in [6.07, 6.45) is 0.701. The molecule has 0 radical (unpaired) electrons. The predicted molar refractivity (Wildman–Crippen MR) is 141 cm³/mol. The fourth-order valence-corrected chi connectivity index (χ4v) is 4.02. The van der Waals surface area contributed by atoms with Crippen LogP contribution in [0.3, 0.4) is 0 Å². The minimum atomic E-state index is -1.06. The van der Waals surface area contributed by atoms with Gasteiger partial charge in [-0.1, -0.05) is 0 Å². The lowest BCUT2D eigenvalue weighted by Crippen LogP contribution is -2.45. The average Bonchev–Trinajstić information content (AvgIpc) is 3.48. The number of halogens is 1.